The third-order valence-electron chi connectivity index (χ3n) is 2.97. The van der Waals surface area contributed by atoms with Crippen LogP contribution >= 0.6 is 0 Å². The Kier molecular flexibility index (Phi) is 4.51. The fraction of sp³-hybridized carbons (Fsp3) is 0.0588. The zero-order valence-electron chi connectivity index (χ0n) is 11.5. The van der Waals surface area contributed by atoms with Crippen molar-refractivity contribution in [1.29, 1.82) is 0 Å². The molecule has 0 heterocycles. The molecular formula is C17H15NO3. The Morgan fingerprint density at radius 1 is 1.05 bits per heavy atom. The molecule has 0 fully saturated rings. The van der Waals surface area contributed by atoms with Crippen LogP contribution in [0.15, 0.2) is 54.6 Å². The number of rotatable bonds is 4. The number of carboxylic acid groups (broad SMARTS) is 1. The molecule has 2 aromatic rings. The normalized spacial score (nSPS) is 10.5. The van der Waals surface area contributed by atoms with Crippen molar-refractivity contribution in [2.24, 2.45) is 0 Å². The number of nitrogens with one attached hydrogen (secondary N) is 1. The molecule has 0 bridgehead atoms. The Morgan fingerprint density at radius 2 is 1.76 bits per heavy atom. The summed E-state index contributed by atoms with van der Waals surface area (Å²) >= 11 is 0. The summed E-state index contributed by atoms with van der Waals surface area (Å²) in [7, 11) is 0. The van der Waals surface area contributed by atoms with Gasteiger partial charge in [-0.1, -0.05) is 42.5 Å². The maximum atomic E-state index is 11.9. The highest BCUT2D eigenvalue weighted by atomic mass is 16.4. The van der Waals surface area contributed by atoms with Gasteiger partial charge in [-0.2, -0.15) is 0 Å². The number of aryl methyl sites for hydroxylation is 1. The number of anilines is 1. The minimum Gasteiger partial charge on any atom is -0.478 e. The lowest BCUT2D eigenvalue weighted by Crippen LogP contribution is -2.13. The molecule has 0 saturated carbocycles. The Balaban J connectivity index is 2.15. The fourth-order valence-electron chi connectivity index (χ4n) is 1.97. The molecule has 2 aromatic carbocycles. The molecule has 21 heavy (non-hydrogen) atoms. The van der Waals surface area contributed by atoms with E-state index in [9.17, 15) is 14.7 Å². The van der Waals surface area contributed by atoms with Crippen molar-refractivity contribution in [2.75, 3.05) is 5.32 Å². The molecule has 0 saturated heterocycles. The molecule has 0 aliphatic rings. The maximum absolute atomic E-state index is 11.9. The van der Waals surface area contributed by atoms with Crippen LogP contribution in [0.2, 0.25) is 0 Å². The van der Waals surface area contributed by atoms with Crippen LogP contribution in [-0.2, 0) is 4.79 Å². The SMILES string of the molecule is Cc1cccc(NC(=O)C=Cc2ccccc2)c1C(=O)O. The number of carbonyl (C=O) groups is 2. The maximum Gasteiger partial charge on any atom is 0.338 e. The van der Waals surface area contributed by atoms with E-state index in [1.54, 1.807) is 31.2 Å². The Labute approximate surface area is 122 Å². The first-order chi connectivity index (χ1) is 10.1. The summed E-state index contributed by atoms with van der Waals surface area (Å²) in [5.74, 6) is -1.43. The van der Waals surface area contributed by atoms with Crippen LogP contribution in [0.5, 0.6) is 0 Å². The number of carboxylic acids is 1. The summed E-state index contributed by atoms with van der Waals surface area (Å²) in [6.45, 7) is 1.69. The van der Waals surface area contributed by atoms with E-state index in [-0.39, 0.29) is 11.5 Å². The minimum atomic E-state index is -1.06. The second kappa shape index (κ2) is 6.52. The van der Waals surface area contributed by atoms with Crippen LogP contribution in [0.4, 0.5) is 5.69 Å². The molecule has 0 aliphatic carbocycles. The van der Waals surface area contributed by atoms with Crippen LogP contribution in [0.3, 0.4) is 0 Å². The van der Waals surface area contributed by atoms with Gasteiger partial charge in [0.15, 0.2) is 0 Å². The summed E-state index contributed by atoms with van der Waals surface area (Å²) in [4.78, 5) is 23.1. The lowest BCUT2D eigenvalue weighted by atomic mass is 10.1. The number of hydrogen-bond donors (Lipinski definition) is 2. The van der Waals surface area contributed by atoms with E-state index in [2.05, 4.69) is 5.32 Å². The average Bonchev–Trinajstić information content (AvgIpc) is 2.46. The molecule has 1 amide bonds. The number of hydrogen-bond acceptors (Lipinski definition) is 2. The van der Waals surface area contributed by atoms with Gasteiger partial charge in [0.1, 0.15) is 0 Å². The zero-order valence-corrected chi connectivity index (χ0v) is 11.5. The predicted octanol–water partition coefficient (Wildman–Crippen LogP) is 3.35. The van der Waals surface area contributed by atoms with Crippen molar-refractivity contribution in [3.63, 3.8) is 0 Å². The fourth-order valence-corrected chi connectivity index (χ4v) is 1.97. The van der Waals surface area contributed by atoms with E-state index < -0.39 is 5.97 Å². The van der Waals surface area contributed by atoms with Gasteiger partial charge in [0.25, 0.3) is 0 Å². The van der Waals surface area contributed by atoms with Crippen molar-refractivity contribution >= 4 is 23.6 Å². The van der Waals surface area contributed by atoms with E-state index >= 15 is 0 Å². The lowest BCUT2D eigenvalue weighted by Gasteiger charge is -2.08. The third kappa shape index (κ3) is 3.79. The van der Waals surface area contributed by atoms with Gasteiger partial charge in [-0.05, 0) is 30.2 Å². The van der Waals surface area contributed by atoms with E-state index in [0.717, 1.165) is 5.56 Å². The summed E-state index contributed by atoms with van der Waals surface area (Å²) < 4.78 is 0. The third-order valence-corrected chi connectivity index (χ3v) is 2.97. The second-order valence-electron chi connectivity index (χ2n) is 4.54. The molecule has 0 radical (unpaired) electrons. The summed E-state index contributed by atoms with van der Waals surface area (Å²) in [5.41, 5.74) is 1.91. The first-order valence-corrected chi connectivity index (χ1v) is 6.45. The zero-order chi connectivity index (χ0) is 15.2. The topological polar surface area (TPSA) is 66.4 Å². The van der Waals surface area contributed by atoms with Gasteiger partial charge in [-0.25, -0.2) is 4.79 Å². The predicted molar refractivity (Wildman–Crippen MR) is 82.2 cm³/mol. The molecule has 4 heteroatoms. The first-order valence-electron chi connectivity index (χ1n) is 6.45. The molecule has 0 aromatic heterocycles. The summed E-state index contributed by atoms with van der Waals surface area (Å²) in [6.07, 6.45) is 3.05. The van der Waals surface area contributed by atoms with Crippen molar-refractivity contribution in [3.05, 3.63) is 71.3 Å². The molecule has 0 aliphatic heterocycles. The van der Waals surface area contributed by atoms with Gasteiger partial charge in [-0.3, -0.25) is 4.79 Å². The molecule has 4 nitrogen and oxygen atoms in total. The van der Waals surface area contributed by atoms with Gasteiger partial charge in [0, 0.05) is 6.08 Å². The summed E-state index contributed by atoms with van der Waals surface area (Å²) in [6, 6.07) is 14.4. The number of amides is 1. The van der Waals surface area contributed by atoms with Crippen LogP contribution in [0.25, 0.3) is 6.08 Å². The van der Waals surface area contributed by atoms with Gasteiger partial charge >= 0.3 is 5.97 Å². The summed E-state index contributed by atoms with van der Waals surface area (Å²) in [5, 5.41) is 11.8. The van der Waals surface area contributed by atoms with Gasteiger partial charge in [0.05, 0.1) is 11.3 Å². The first kappa shape index (κ1) is 14.5. The Hall–Kier alpha value is -2.88. The van der Waals surface area contributed by atoms with Gasteiger partial charge in [0.2, 0.25) is 5.91 Å². The second-order valence-corrected chi connectivity index (χ2v) is 4.54. The smallest absolute Gasteiger partial charge is 0.338 e. The molecule has 0 unspecified atom stereocenters. The standard InChI is InChI=1S/C17H15NO3/c1-12-6-5-9-14(16(12)17(20)21)18-15(19)11-10-13-7-3-2-4-8-13/h2-11H,1H3,(H,18,19)(H,20,21). The molecule has 2 rings (SSSR count). The molecule has 0 spiro atoms. The molecular weight excluding hydrogens is 266 g/mol. The Bertz CT molecular complexity index is 690. The van der Waals surface area contributed by atoms with E-state index in [4.69, 9.17) is 0 Å². The van der Waals surface area contributed by atoms with Crippen molar-refractivity contribution in [2.45, 2.75) is 6.92 Å². The number of carbonyl (C=O) groups excluding carboxylic acids is 1. The molecule has 0 atom stereocenters. The van der Waals surface area contributed by atoms with Crippen LogP contribution in [-0.4, -0.2) is 17.0 Å². The lowest BCUT2D eigenvalue weighted by molar-refractivity contribution is -0.111. The highest BCUT2D eigenvalue weighted by Crippen LogP contribution is 2.19. The van der Waals surface area contributed by atoms with E-state index in [0.29, 0.717) is 11.3 Å². The average molecular weight is 281 g/mol. The molecule has 106 valence electrons. The quantitative estimate of drug-likeness (QED) is 0.845. The van der Waals surface area contributed by atoms with E-state index in [1.807, 2.05) is 30.3 Å². The molecule has 2 N–H and O–H groups in total. The highest BCUT2D eigenvalue weighted by molar-refractivity contribution is 6.06. The largest absolute Gasteiger partial charge is 0.478 e. The van der Waals surface area contributed by atoms with Crippen LogP contribution in [0, 0.1) is 6.92 Å². The van der Waals surface area contributed by atoms with Crippen molar-refractivity contribution in [3.8, 4) is 0 Å². The van der Waals surface area contributed by atoms with Gasteiger partial charge < -0.3 is 10.4 Å². The minimum absolute atomic E-state index is 0.110. The Morgan fingerprint density at radius 3 is 2.43 bits per heavy atom. The van der Waals surface area contributed by atoms with Crippen molar-refractivity contribution < 1.29 is 14.7 Å². The van der Waals surface area contributed by atoms with Crippen molar-refractivity contribution in [1.82, 2.24) is 0 Å². The number of benzene rings is 2. The highest BCUT2D eigenvalue weighted by Gasteiger charge is 2.13. The monoisotopic (exact) mass is 281 g/mol. The van der Waals surface area contributed by atoms with Gasteiger partial charge in [-0.15, -0.1) is 0 Å². The van der Waals surface area contributed by atoms with E-state index in [1.165, 1.54) is 6.08 Å². The van der Waals surface area contributed by atoms with Crippen LogP contribution < -0.4 is 5.32 Å². The van der Waals surface area contributed by atoms with Crippen LogP contribution in [0.1, 0.15) is 21.5 Å². The number of aromatic carboxylic acids is 1.